The first-order chi connectivity index (χ1) is 6.93. The van der Waals surface area contributed by atoms with Crippen LogP contribution in [0.15, 0.2) is 12.4 Å². The predicted molar refractivity (Wildman–Crippen MR) is 46.9 cm³/mol. The van der Waals surface area contributed by atoms with E-state index in [0.29, 0.717) is 6.33 Å². The predicted octanol–water partition coefficient (Wildman–Crippen LogP) is 1.56. The van der Waals surface area contributed by atoms with Crippen LogP contribution in [0.1, 0.15) is 19.8 Å². The number of cyclic esters (lactones) is 2. The Morgan fingerprint density at radius 3 is 1.67 bits per heavy atom. The van der Waals surface area contributed by atoms with Crippen LogP contribution in [0.2, 0.25) is 0 Å². The normalized spacial score (nSPS) is 13.5. The van der Waals surface area contributed by atoms with Gasteiger partial charge >= 0.3 is 18.1 Å². The molecule has 0 aromatic heterocycles. The zero-order chi connectivity index (χ0) is 12.3. The molecule has 1 aliphatic heterocycles. The average molecular weight is 222 g/mol. The molecule has 0 spiro atoms. The first-order valence-electron chi connectivity index (χ1n) is 3.80. The highest BCUT2D eigenvalue weighted by molar-refractivity contribution is 5.92. The summed E-state index contributed by atoms with van der Waals surface area (Å²) in [6.07, 6.45) is 0.525. The van der Waals surface area contributed by atoms with Crippen LogP contribution in [-0.2, 0) is 14.3 Å². The molecule has 0 aliphatic carbocycles. The minimum atomic E-state index is -1.83. The molecule has 0 atom stereocenters. The van der Waals surface area contributed by atoms with E-state index in [4.69, 9.17) is 15.0 Å². The minimum Gasteiger partial charge on any atom is -0.450 e. The Morgan fingerprint density at radius 1 is 1.33 bits per heavy atom. The number of carboxylic acid groups (broad SMARTS) is 2. The molecule has 1 fully saturated rings. The first kappa shape index (κ1) is 15.5. The maximum atomic E-state index is 10.5. The molecule has 0 amide bonds. The van der Waals surface area contributed by atoms with E-state index in [1.165, 1.54) is 6.08 Å². The van der Waals surface area contributed by atoms with Crippen LogP contribution in [0, 0.1) is 0 Å². The van der Waals surface area contributed by atoms with Crippen LogP contribution < -0.4 is 0 Å². The standard InChI is InChI=1S/C4H4O3.C3H5F.CH2O3/c5-3-1-2-4(6)7-3;1-2-3-4;2-1(3)4/h1-2H2;2-3H,1H3;(H2,2,3,4). The van der Waals surface area contributed by atoms with Crippen molar-refractivity contribution in [2.24, 2.45) is 0 Å². The summed E-state index contributed by atoms with van der Waals surface area (Å²) in [6.45, 7) is 1.62. The van der Waals surface area contributed by atoms with Gasteiger partial charge in [-0.15, -0.1) is 0 Å². The van der Waals surface area contributed by atoms with E-state index >= 15 is 0 Å². The van der Waals surface area contributed by atoms with Gasteiger partial charge in [0.15, 0.2) is 0 Å². The lowest BCUT2D eigenvalue weighted by Gasteiger charge is -1.79. The minimum absolute atomic E-state index is 0.263. The maximum absolute atomic E-state index is 10.5. The Morgan fingerprint density at radius 2 is 1.60 bits per heavy atom. The third-order valence-corrected chi connectivity index (χ3v) is 0.887. The third-order valence-electron chi connectivity index (χ3n) is 0.887. The van der Waals surface area contributed by atoms with Crippen molar-refractivity contribution < 1.29 is 33.7 Å². The zero-order valence-electron chi connectivity index (χ0n) is 7.97. The van der Waals surface area contributed by atoms with Crippen LogP contribution in [0.4, 0.5) is 9.18 Å². The van der Waals surface area contributed by atoms with Gasteiger partial charge in [0, 0.05) is 0 Å². The molecule has 1 aliphatic rings. The molecule has 7 heteroatoms. The average Bonchev–Trinajstić information content (AvgIpc) is 2.49. The van der Waals surface area contributed by atoms with Gasteiger partial charge < -0.3 is 14.9 Å². The van der Waals surface area contributed by atoms with E-state index in [1.807, 2.05) is 0 Å². The summed E-state index contributed by atoms with van der Waals surface area (Å²) in [4.78, 5) is 28.6. The van der Waals surface area contributed by atoms with Gasteiger partial charge in [-0.25, -0.2) is 9.18 Å². The number of ether oxygens (including phenoxy) is 1. The number of hydrogen-bond donors (Lipinski definition) is 2. The summed E-state index contributed by atoms with van der Waals surface area (Å²) in [7, 11) is 0. The lowest BCUT2D eigenvalue weighted by atomic mass is 10.4. The van der Waals surface area contributed by atoms with Gasteiger partial charge in [-0.3, -0.25) is 9.59 Å². The molecule has 86 valence electrons. The molecule has 15 heavy (non-hydrogen) atoms. The molecular formula is C8H11FO6. The van der Waals surface area contributed by atoms with Crippen LogP contribution in [0.5, 0.6) is 0 Å². The molecule has 0 unspecified atom stereocenters. The van der Waals surface area contributed by atoms with Gasteiger partial charge in [-0.05, 0) is 6.92 Å². The summed E-state index contributed by atoms with van der Waals surface area (Å²) in [5.41, 5.74) is 0. The fourth-order valence-corrected chi connectivity index (χ4v) is 0.433. The summed E-state index contributed by atoms with van der Waals surface area (Å²) in [6, 6.07) is 0. The lowest BCUT2D eigenvalue weighted by molar-refractivity contribution is -0.151. The second kappa shape index (κ2) is 10.2. The fraction of sp³-hybridized carbons (Fsp3) is 0.375. The highest BCUT2D eigenvalue weighted by atomic mass is 19.1. The number of allylic oxidation sites excluding steroid dienone is 1. The topological polar surface area (TPSA) is 101 Å². The van der Waals surface area contributed by atoms with Crippen LogP contribution in [-0.4, -0.2) is 28.3 Å². The number of rotatable bonds is 0. The molecule has 1 heterocycles. The largest absolute Gasteiger partial charge is 0.503 e. The maximum Gasteiger partial charge on any atom is 0.503 e. The van der Waals surface area contributed by atoms with Crippen molar-refractivity contribution in [2.75, 3.05) is 0 Å². The quantitative estimate of drug-likeness (QED) is 0.476. The second-order valence-corrected chi connectivity index (χ2v) is 2.09. The van der Waals surface area contributed by atoms with E-state index in [-0.39, 0.29) is 12.8 Å². The number of hydrogen-bond acceptors (Lipinski definition) is 4. The van der Waals surface area contributed by atoms with Crippen molar-refractivity contribution in [3.63, 3.8) is 0 Å². The summed E-state index contributed by atoms with van der Waals surface area (Å²) in [5.74, 6) is -0.796. The molecule has 0 bridgehead atoms. The molecule has 0 saturated carbocycles. The molecule has 2 N–H and O–H groups in total. The van der Waals surface area contributed by atoms with Crippen molar-refractivity contribution in [3.8, 4) is 0 Å². The second-order valence-electron chi connectivity index (χ2n) is 2.09. The van der Waals surface area contributed by atoms with E-state index in [1.54, 1.807) is 6.92 Å². The lowest BCUT2D eigenvalue weighted by Crippen LogP contribution is -1.94. The molecule has 6 nitrogen and oxygen atoms in total. The molecule has 1 rings (SSSR count). The van der Waals surface area contributed by atoms with Gasteiger partial charge in [-0.1, -0.05) is 6.08 Å². The Bertz CT molecular complexity index is 226. The highest BCUT2D eigenvalue weighted by Crippen LogP contribution is 2.03. The van der Waals surface area contributed by atoms with Gasteiger partial charge in [0.2, 0.25) is 0 Å². The summed E-state index contributed by atoms with van der Waals surface area (Å²) < 4.78 is 14.6. The first-order valence-corrected chi connectivity index (χ1v) is 3.80. The van der Waals surface area contributed by atoms with Gasteiger partial charge in [0.05, 0.1) is 19.2 Å². The van der Waals surface area contributed by atoms with Crippen LogP contribution >= 0.6 is 0 Å². The molecule has 0 radical (unpaired) electrons. The monoisotopic (exact) mass is 222 g/mol. The molecule has 0 aromatic rings. The van der Waals surface area contributed by atoms with E-state index in [2.05, 4.69) is 4.74 Å². The van der Waals surface area contributed by atoms with Gasteiger partial charge in [0.25, 0.3) is 0 Å². The Hall–Kier alpha value is -1.92. The molecular weight excluding hydrogens is 211 g/mol. The van der Waals surface area contributed by atoms with Crippen molar-refractivity contribution in [1.82, 2.24) is 0 Å². The molecule has 0 aromatic carbocycles. The number of halogens is 1. The van der Waals surface area contributed by atoms with E-state index in [9.17, 15) is 14.0 Å². The van der Waals surface area contributed by atoms with Crippen molar-refractivity contribution in [1.29, 1.82) is 0 Å². The summed E-state index contributed by atoms with van der Waals surface area (Å²) in [5, 5.41) is 13.9. The van der Waals surface area contributed by atoms with Crippen molar-refractivity contribution in [3.05, 3.63) is 12.4 Å². The number of carbonyl (C=O) groups is 3. The highest BCUT2D eigenvalue weighted by Gasteiger charge is 2.19. The van der Waals surface area contributed by atoms with E-state index < -0.39 is 18.1 Å². The third kappa shape index (κ3) is 18.8. The fourth-order valence-electron chi connectivity index (χ4n) is 0.433. The van der Waals surface area contributed by atoms with Crippen molar-refractivity contribution in [2.45, 2.75) is 19.8 Å². The number of esters is 2. The Kier molecular flexibility index (Phi) is 10.5. The smallest absolute Gasteiger partial charge is 0.450 e. The van der Waals surface area contributed by atoms with E-state index in [0.717, 1.165) is 0 Å². The molecule has 1 saturated heterocycles. The van der Waals surface area contributed by atoms with Gasteiger partial charge in [-0.2, -0.15) is 0 Å². The zero-order valence-corrected chi connectivity index (χ0v) is 7.97. The van der Waals surface area contributed by atoms with Gasteiger partial charge in [0.1, 0.15) is 0 Å². The number of carbonyl (C=O) groups excluding carboxylic acids is 2. The Labute approximate surface area is 85.0 Å². The van der Waals surface area contributed by atoms with Crippen molar-refractivity contribution >= 4 is 18.1 Å². The summed E-state index contributed by atoms with van der Waals surface area (Å²) >= 11 is 0. The van der Waals surface area contributed by atoms with Crippen LogP contribution in [0.3, 0.4) is 0 Å². The van der Waals surface area contributed by atoms with Crippen LogP contribution in [0.25, 0.3) is 0 Å². The Balaban J connectivity index is 0. The SMILES string of the molecule is CC=CF.O=C(O)O.O=C1CCC(=O)O1.